The Hall–Kier alpha value is -3.40. The molecule has 0 bridgehead atoms. The maximum Gasteiger partial charge on any atom is 0.322 e. The number of ether oxygens (including phenoxy) is 1. The van der Waals surface area contributed by atoms with Gasteiger partial charge in [-0.25, -0.2) is 13.6 Å². The lowest BCUT2D eigenvalue weighted by Gasteiger charge is -2.37. The number of carbonyl (C=O) groups is 2. The third kappa shape index (κ3) is 4.34. The maximum absolute atomic E-state index is 14.3. The van der Waals surface area contributed by atoms with Crippen LogP contribution in [0.25, 0.3) is 0 Å². The van der Waals surface area contributed by atoms with Crippen molar-refractivity contribution in [2.24, 2.45) is 0 Å². The van der Waals surface area contributed by atoms with E-state index in [1.165, 1.54) is 24.3 Å². The molecule has 0 aromatic heterocycles. The summed E-state index contributed by atoms with van der Waals surface area (Å²) >= 11 is 12.5. The van der Waals surface area contributed by atoms with Crippen molar-refractivity contribution < 1.29 is 23.1 Å². The van der Waals surface area contributed by atoms with Crippen molar-refractivity contribution in [1.82, 2.24) is 5.32 Å². The molecule has 1 unspecified atom stereocenters. The number of anilines is 3. The third-order valence-corrected chi connectivity index (χ3v) is 7.63. The minimum atomic E-state index is -0.834. The number of nitrogens with zero attached hydrogens (tertiary/aromatic N) is 2. The zero-order chi connectivity index (χ0) is 26.6. The van der Waals surface area contributed by atoms with Gasteiger partial charge in [0.15, 0.2) is 0 Å². The van der Waals surface area contributed by atoms with Crippen LogP contribution in [-0.2, 0) is 11.2 Å². The lowest BCUT2D eigenvalue weighted by molar-refractivity contribution is 0.102. The molecule has 0 radical (unpaired) electrons. The monoisotopic (exact) mass is 558 g/mol. The van der Waals surface area contributed by atoms with E-state index >= 15 is 0 Å². The Morgan fingerprint density at radius 2 is 1.82 bits per heavy atom. The van der Waals surface area contributed by atoms with Crippen LogP contribution < -0.4 is 20.4 Å². The molecule has 3 heterocycles. The summed E-state index contributed by atoms with van der Waals surface area (Å²) in [5, 5.41) is 6.19. The highest BCUT2D eigenvalue weighted by Gasteiger charge is 2.41. The first kappa shape index (κ1) is 24.9. The fourth-order valence-corrected chi connectivity index (χ4v) is 5.86. The highest BCUT2D eigenvalue weighted by Crippen LogP contribution is 2.50. The Morgan fingerprint density at radius 3 is 2.58 bits per heavy atom. The average Bonchev–Trinajstić information content (AvgIpc) is 3.34. The van der Waals surface area contributed by atoms with Gasteiger partial charge in [0, 0.05) is 57.6 Å². The normalized spacial score (nSPS) is 18.3. The Balaban J connectivity index is 1.55. The van der Waals surface area contributed by atoms with Crippen molar-refractivity contribution in [2.75, 3.05) is 48.0 Å². The number of urea groups is 1. The van der Waals surface area contributed by atoms with Crippen molar-refractivity contribution in [2.45, 2.75) is 12.5 Å². The SMILES string of the molecule is O=C(Nc1cc(N2CCOCC2)c2c3c1C(c1cc(F)ccc1Cl)NC(=O)N3CC2)c1cc(F)cc(Cl)c1. The van der Waals surface area contributed by atoms with Crippen LogP contribution in [0.1, 0.15) is 33.1 Å². The molecule has 3 aromatic carbocycles. The van der Waals surface area contributed by atoms with E-state index in [0.717, 1.165) is 23.4 Å². The zero-order valence-electron chi connectivity index (χ0n) is 20.0. The fraction of sp³-hybridized carbons (Fsp3) is 0.259. The van der Waals surface area contributed by atoms with E-state index in [2.05, 4.69) is 15.5 Å². The van der Waals surface area contributed by atoms with Crippen LogP contribution in [0.5, 0.6) is 0 Å². The second kappa shape index (κ2) is 9.72. The van der Waals surface area contributed by atoms with Gasteiger partial charge >= 0.3 is 6.03 Å². The van der Waals surface area contributed by atoms with Gasteiger partial charge in [-0.3, -0.25) is 9.69 Å². The quantitative estimate of drug-likeness (QED) is 0.441. The van der Waals surface area contributed by atoms with Gasteiger partial charge < -0.3 is 20.3 Å². The maximum atomic E-state index is 14.3. The van der Waals surface area contributed by atoms with Gasteiger partial charge in [-0.05, 0) is 48.9 Å². The van der Waals surface area contributed by atoms with E-state index in [0.29, 0.717) is 61.8 Å². The van der Waals surface area contributed by atoms with E-state index in [9.17, 15) is 18.4 Å². The number of hydrogen-bond acceptors (Lipinski definition) is 4. The summed E-state index contributed by atoms with van der Waals surface area (Å²) in [6.45, 7) is 2.83. The molecule has 196 valence electrons. The minimum Gasteiger partial charge on any atom is -0.378 e. The van der Waals surface area contributed by atoms with Gasteiger partial charge in [0.1, 0.15) is 11.6 Å². The minimum absolute atomic E-state index is 0.0349. The van der Waals surface area contributed by atoms with Gasteiger partial charge in [-0.1, -0.05) is 23.2 Å². The van der Waals surface area contributed by atoms with E-state index in [4.69, 9.17) is 27.9 Å². The molecule has 2 N–H and O–H groups in total. The van der Waals surface area contributed by atoms with Gasteiger partial charge in [-0.2, -0.15) is 0 Å². The van der Waals surface area contributed by atoms with Crippen LogP contribution in [0.3, 0.4) is 0 Å². The predicted octanol–water partition coefficient (Wildman–Crippen LogP) is 5.54. The second-order valence-electron chi connectivity index (χ2n) is 9.35. The number of rotatable bonds is 4. The molecule has 11 heteroatoms. The molecule has 0 spiro atoms. The number of nitrogens with one attached hydrogen (secondary N) is 2. The molecular formula is C27H22Cl2F2N4O3. The van der Waals surface area contributed by atoms with E-state index < -0.39 is 23.6 Å². The topological polar surface area (TPSA) is 73.9 Å². The van der Waals surface area contributed by atoms with Crippen molar-refractivity contribution in [1.29, 1.82) is 0 Å². The van der Waals surface area contributed by atoms with Crippen LogP contribution in [-0.4, -0.2) is 44.8 Å². The summed E-state index contributed by atoms with van der Waals surface area (Å²) < 4.78 is 33.9. The van der Waals surface area contributed by atoms with Crippen LogP contribution >= 0.6 is 23.2 Å². The van der Waals surface area contributed by atoms with Crippen LogP contribution in [0, 0.1) is 11.6 Å². The highest BCUT2D eigenvalue weighted by molar-refractivity contribution is 6.31. The Bertz CT molecular complexity index is 1460. The molecule has 0 aliphatic carbocycles. The summed E-state index contributed by atoms with van der Waals surface area (Å²) in [5.74, 6) is -1.74. The number of benzene rings is 3. The lowest BCUT2D eigenvalue weighted by atomic mass is 9.90. The number of amides is 3. The zero-order valence-corrected chi connectivity index (χ0v) is 21.5. The van der Waals surface area contributed by atoms with E-state index in [-0.39, 0.29) is 21.6 Å². The molecule has 1 saturated heterocycles. The molecule has 38 heavy (non-hydrogen) atoms. The van der Waals surface area contributed by atoms with Gasteiger partial charge in [0.25, 0.3) is 5.91 Å². The molecule has 3 aliphatic heterocycles. The van der Waals surface area contributed by atoms with E-state index in [1.807, 2.05) is 6.07 Å². The summed E-state index contributed by atoms with van der Waals surface area (Å²) in [4.78, 5) is 30.4. The lowest BCUT2D eigenvalue weighted by Crippen LogP contribution is -2.46. The largest absolute Gasteiger partial charge is 0.378 e. The van der Waals surface area contributed by atoms with E-state index in [1.54, 1.807) is 4.90 Å². The Morgan fingerprint density at radius 1 is 1.03 bits per heavy atom. The van der Waals surface area contributed by atoms with Gasteiger partial charge in [-0.15, -0.1) is 0 Å². The third-order valence-electron chi connectivity index (χ3n) is 7.07. The first-order valence-electron chi connectivity index (χ1n) is 12.1. The van der Waals surface area contributed by atoms with Crippen molar-refractivity contribution in [3.63, 3.8) is 0 Å². The van der Waals surface area contributed by atoms with Crippen LogP contribution in [0.2, 0.25) is 10.0 Å². The van der Waals surface area contributed by atoms with Gasteiger partial charge in [0.2, 0.25) is 0 Å². The standard InChI is InChI=1S/C27H22Cl2F2N4O3/c28-15-9-14(10-17(31)11-15)26(36)32-21-13-22(34-5-7-38-8-6-34)18-3-4-35-25(18)23(21)24(33-27(35)37)19-12-16(30)1-2-20(19)29/h1-2,9-13,24H,3-8H2,(H,32,36)(H,33,37). The smallest absolute Gasteiger partial charge is 0.322 e. The van der Waals surface area contributed by atoms with Crippen LogP contribution in [0.4, 0.5) is 30.6 Å². The second-order valence-corrected chi connectivity index (χ2v) is 10.2. The summed E-state index contributed by atoms with van der Waals surface area (Å²) in [5.41, 5.74) is 3.87. The number of morpholine rings is 1. The first-order chi connectivity index (χ1) is 18.3. The average molecular weight is 559 g/mol. The van der Waals surface area contributed by atoms with Crippen molar-refractivity contribution in [3.05, 3.63) is 86.4 Å². The molecule has 3 amide bonds. The van der Waals surface area contributed by atoms with Crippen molar-refractivity contribution in [3.8, 4) is 0 Å². The summed E-state index contributed by atoms with van der Waals surface area (Å²) in [6, 6.07) is 8.22. The number of hydrogen-bond donors (Lipinski definition) is 2. The fourth-order valence-electron chi connectivity index (χ4n) is 5.41. The van der Waals surface area contributed by atoms with Crippen LogP contribution in [0.15, 0.2) is 42.5 Å². The number of halogens is 4. The molecular weight excluding hydrogens is 537 g/mol. The predicted molar refractivity (Wildman–Crippen MR) is 142 cm³/mol. The molecule has 1 fully saturated rings. The van der Waals surface area contributed by atoms with Crippen molar-refractivity contribution >= 4 is 52.2 Å². The molecule has 3 aliphatic rings. The highest BCUT2D eigenvalue weighted by atomic mass is 35.5. The molecule has 0 saturated carbocycles. The Kier molecular flexibility index (Phi) is 6.37. The number of carbonyl (C=O) groups excluding carboxylic acids is 2. The molecule has 6 rings (SSSR count). The summed E-state index contributed by atoms with van der Waals surface area (Å²) in [7, 11) is 0. The molecule has 1 atom stereocenters. The summed E-state index contributed by atoms with van der Waals surface area (Å²) in [6.07, 6.45) is 0.611. The van der Waals surface area contributed by atoms with Gasteiger partial charge in [0.05, 0.1) is 30.6 Å². The molecule has 3 aromatic rings. The first-order valence-corrected chi connectivity index (χ1v) is 12.9. The molecule has 7 nitrogen and oxygen atoms in total. The Labute approximate surface area is 227 Å².